The zero-order valence-corrected chi connectivity index (χ0v) is 12.7. The Hall–Kier alpha value is -2.96. The third-order valence-electron chi connectivity index (χ3n) is 2.92. The molecule has 0 radical (unpaired) electrons. The maximum absolute atomic E-state index is 11.4. The lowest BCUT2D eigenvalue weighted by Gasteiger charge is -2.00. The standard InChI is InChI=1S/C16H16N2O5/c1-3-10-22-14(19)9-8-13-17-18-15(23-13)11-4-6-12(7-5-11)16(20)21-2/h3-7H,1,8-10H2,2H3. The van der Waals surface area contributed by atoms with Gasteiger partial charge in [0.1, 0.15) is 6.61 Å². The molecule has 0 N–H and O–H groups in total. The number of hydrogen-bond acceptors (Lipinski definition) is 7. The Kier molecular flexibility index (Phi) is 5.62. The largest absolute Gasteiger partial charge is 0.465 e. The molecule has 7 heteroatoms. The van der Waals surface area contributed by atoms with Gasteiger partial charge in [-0.1, -0.05) is 12.7 Å². The molecule has 0 spiro atoms. The van der Waals surface area contributed by atoms with Crippen LogP contribution in [0.1, 0.15) is 22.7 Å². The molecule has 1 aromatic heterocycles. The average Bonchev–Trinajstić information content (AvgIpc) is 3.06. The molecule has 0 saturated heterocycles. The van der Waals surface area contributed by atoms with E-state index < -0.39 is 5.97 Å². The summed E-state index contributed by atoms with van der Waals surface area (Å²) >= 11 is 0. The first-order valence-electron chi connectivity index (χ1n) is 6.91. The van der Waals surface area contributed by atoms with Gasteiger partial charge in [0.05, 0.1) is 19.1 Å². The van der Waals surface area contributed by atoms with Gasteiger partial charge in [0, 0.05) is 12.0 Å². The van der Waals surface area contributed by atoms with Crippen molar-refractivity contribution in [3.8, 4) is 11.5 Å². The molecule has 120 valence electrons. The second kappa shape index (κ2) is 7.88. The van der Waals surface area contributed by atoms with Gasteiger partial charge >= 0.3 is 11.9 Å². The van der Waals surface area contributed by atoms with Gasteiger partial charge in [-0.25, -0.2) is 4.79 Å². The van der Waals surface area contributed by atoms with E-state index in [0.717, 1.165) is 0 Å². The summed E-state index contributed by atoms with van der Waals surface area (Å²) < 4.78 is 15.0. The SMILES string of the molecule is C=CCOC(=O)CCc1nnc(-c2ccc(C(=O)OC)cc2)o1. The zero-order chi connectivity index (χ0) is 16.7. The van der Waals surface area contributed by atoms with Crippen LogP contribution in [0.4, 0.5) is 0 Å². The van der Waals surface area contributed by atoms with Gasteiger partial charge < -0.3 is 13.9 Å². The van der Waals surface area contributed by atoms with E-state index in [-0.39, 0.29) is 19.0 Å². The van der Waals surface area contributed by atoms with Crippen molar-refractivity contribution in [3.63, 3.8) is 0 Å². The second-order valence-corrected chi connectivity index (χ2v) is 4.54. The fourth-order valence-electron chi connectivity index (χ4n) is 1.77. The number of esters is 2. The van der Waals surface area contributed by atoms with E-state index in [1.807, 2.05) is 0 Å². The zero-order valence-electron chi connectivity index (χ0n) is 12.7. The van der Waals surface area contributed by atoms with Crippen molar-refractivity contribution in [1.82, 2.24) is 10.2 Å². The molecular formula is C16H16N2O5. The van der Waals surface area contributed by atoms with Crippen molar-refractivity contribution in [2.24, 2.45) is 0 Å². The van der Waals surface area contributed by atoms with Crippen LogP contribution in [-0.2, 0) is 20.7 Å². The van der Waals surface area contributed by atoms with E-state index in [9.17, 15) is 9.59 Å². The number of ether oxygens (including phenoxy) is 2. The first-order valence-corrected chi connectivity index (χ1v) is 6.91. The molecule has 23 heavy (non-hydrogen) atoms. The minimum atomic E-state index is -0.416. The van der Waals surface area contributed by atoms with Crippen LogP contribution in [-0.4, -0.2) is 35.9 Å². The number of aryl methyl sites for hydroxylation is 1. The Balaban J connectivity index is 1.97. The molecule has 0 amide bonds. The predicted octanol–water partition coefficient (Wildman–Crippen LogP) is 2.18. The van der Waals surface area contributed by atoms with E-state index in [0.29, 0.717) is 29.3 Å². The molecule has 2 rings (SSSR count). The van der Waals surface area contributed by atoms with Crippen LogP contribution < -0.4 is 0 Å². The maximum Gasteiger partial charge on any atom is 0.337 e. The third-order valence-corrected chi connectivity index (χ3v) is 2.92. The number of methoxy groups -OCH3 is 1. The van der Waals surface area contributed by atoms with Crippen LogP contribution in [0.5, 0.6) is 0 Å². The monoisotopic (exact) mass is 316 g/mol. The molecule has 0 bridgehead atoms. The number of benzene rings is 1. The van der Waals surface area contributed by atoms with Gasteiger partial charge in [0.2, 0.25) is 11.8 Å². The summed E-state index contributed by atoms with van der Waals surface area (Å²) in [5.41, 5.74) is 1.10. The number of carbonyl (C=O) groups is 2. The molecule has 0 aliphatic rings. The quantitative estimate of drug-likeness (QED) is 0.571. The fourth-order valence-corrected chi connectivity index (χ4v) is 1.77. The first-order chi connectivity index (χ1) is 11.1. The Morgan fingerprint density at radius 2 is 2.00 bits per heavy atom. The summed E-state index contributed by atoms with van der Waals surface area (Å²) in [6.07, 6.45) is 1.95. The summed E-state index contributed by atoms with van der Waals surface area (Å²) in [6, 6.07) is 6.58. The lowest BCUT2D eigenvalue weighted by molar-refractivity contribution is -0.142. The van der Waals surface area contributed by atoms with Crippen molar-refractivity contribution < 1.29 is 23.5 Å². The highest BCUT2D eigenvalue weighted by Crippen LogP contribution is 2.19. The average molecular weight is 316 g/mol. The van der Waals surface area contributed by atoms with Crippen molar-refractivity contribution in [1.29, 1.82) is 0 Å². The Morgan fingerprint density at radius 3 is 2.65 bits per heavy atom. The van der Waals surface area contributed by atoms with Crippen LogP contribution in [0.15, 0.2) is 41.3 Å². The van der Waals surface area contributed by atoms with Gasteiger partial charge in [-0.05, 0) is 24.3 Å². The first kappa shape index (κ1) is 16.4. The van der Waals surface area contributed by atoms with E-state index in [4.69, 9.17) is 9.15 Å². The third kappa shape index (κ3) is 4.50. The molecular weight excluding hydrogens is 300 g/mol. The van der Waals surface area contributed by atoms with Crippen LogP contribution in [0.3, 0.4) is 0 Å². The fraction of sp³-hybridized carbons (Fsp3) is 0.250. The topological polar surface area (TPSA) is 91.5 Å². The number of rotatable bonds is 7. The lowest BCUT2D eigenvalue weighted by atomic mass is 10.1. The summed E-state index contributed by atoms with van der Waals surface area (Å²) in [5.74, 6) is -0.114. The summed E-state index contributed by atoms with van der Waals surface area (Å²) in [7, 11) is 1.32. The van der Waals surface area contributed by atoms with E-state index >= 15 is 0 Å². The highest BCUT2D eigenvalue weighted by Gasteiger charge is 2.12. The van der Waals surface area contributed by atoms with E-state index in [2.05, 4.69) is 21.5 Å². The van der Waals surface area contributed by atoms with Crippen LogP contribution in [0.25, 0.3) is 11.5 Å². The van der Waals surface area contributed by atoms with Gasteiger partial charge in [0.25, 0.3) is 0 Å². The highest BCUT2D eigenvalue weighted by atomic mass is 16.5. The Bertz CT molecular complexity index is 691. The molecule has 0 saturated carbocycles. The van der Waals surface area contributed by atoms with Gasteiger partial charge in [-0.15, -0.1) is 10.2 Å². The molecule has 7 nitrogen and oxygen atoms in total. The van der Waals surface area contributed by atoms with Crippen molar-refractivity contribution in [2.45, 2.75) is 12.8 Å². The minimum absolute atomic E-state index is 0.150. The van der Waals surface area contributed by atoms with Gasteiger partial charge in [-0.2, -0.15) is 0 Å². The minimum Gasteiger partial charge on any atom is -0.465 e. The smallest absolute Gasteiger partial charge is 0.337 e. The lowest BCUT2D eigenvalue weighted by Crippen LogP contribution is -2.05. The Labute approximate surface area is 132 Å². The van der Waals surface area contributed by atoms with Gasteiger partial charge in [0.15, 0.2) is 0 Å². The van der Waals surface area contributed by atoms with Crippen LogP contribution >= 0.6 is 0 Å². The molecule has 0 aliphatic carbocycles. The summed E-state index contributed by atoms with van der Waals surface area (Å²) in [6.45, 7) is 3.64. The number of hydrogen-bond donors (Lipinski definition) is 0. The molecule has 0 fully saturated rings. The maximum atomic E-state index is 11.4. The molecule has 1 heterocycles. The molecule has 0 atom stereocenters. The van der Waals surface area contributed by atoms with Crippen LogP contribution in [0, 0.1) is 0 Å². The van der Waals surface area contributed by atoms with Crippen molar-refractivity contribution in [2.75, 3.05) is 13.7 Å². The van der Waals surface area contributed by atoms with E-state index in [1.165, 1.54) is 13.2 Å². The van der Waals surface area contributed by atoms with Crippen molar-refractivity contribution in [3.05, 3.63) is 48.4 Å². The number of nitrogens with zero attached hydrogens (tertiary/aromatic N) is 2. The highest BCUT2D eigenvalue weighted by molar-refractivity contribution is 5.89. The molecule has 0 unspecified atom stereocenters. The van der Waals surface area contributed by atoms with Gasteiger partial charge in [-0.3, -0.25) is 4.79 Å². The number of carbonyl (C=O) groups excluding carboxylic acids is 2. The van der Waals surface area contributed by atoms with Crippen molar-refractivity contribution >= 4 is 11.9 Å². The van der Waals surface area contributed by atoms with E-state index in [1.54, 1.807) is 24.3 Å². The van der Waals surface area contributed by atoms with Crippen LogP contribution in [0.2, 0.25) is 0 Å². The summed E-state index contributed by atoms with van der Waals surface area (Å²) in [4.78, 5) is 22.7. The molecule has 1 aromatic carbocycles. The Morgan fingerprint density at radius 1 is 1.26 bits per heavy atom. The molecule has 2 aromatic rings. The number of aromatic nitrogens is 2. The molecule has 0 aliphatic heterocycles. The summed E-state index contributed by atoms with van der Waals surface area (Å²) in [5, 5.41) is 7.80. The normalized spacial score (nSPS) is 10.1. The predicted molar refractivity (Wildman–Crippen MR) is 80.6 cm³/mol. The second-order valence-electron chi connectivity index (χ2n) is 4.54.